The van der Waals surface area contributed by atoms with E-state index in [4.69, 9.17) is 0 Å². The van der Waals surface area contributed by atoms with Crippen LogP contribution in [0.3, 0.4) is 0 Å². The van der Waals surface area contributed by atoms with Gasteiger partial charge in [0.05, 0.1) is 18.2 Å². The van der Waals surface area contributed by atoms with Crippen LogP contribution >= 0.6 is 0 Å². The number of hydrogen-bond acceptors (Lipinski definition) is 3. The van der Waals surface area contributed by atoms with Crippen molar-refractivity contribution in [1.82, 2.24) is 5.01 Å². The van der Waals surface area contributed by atoms with Gasteiger partial charge in [0.2, 0.25) is 5.91 Å². The predicted octanol–water partition coefficient (Wildman–Crippen LogP) is 1.33. The van der Waals surface area contributed by atoms with Crippen molar-refractivity contribution in [2.45, 2.75) is 6.92 Å². The molecule has 1 atom stereocenters. The lowest BCUT2D eigenvalue weighted by molar-refractivity contribution is -0.129. The van der Waals surface area contributed by atoms with Gasteiger partial charge < -0.3 is 0 Å². The zero-order chi connectivity index (χ0) is 11.7. The molecule has 0 bridgehead atoms. The number of hydrogen-bond donors (Lipinski definition) is 0. The van der Waals surface area contributed by atoms with Gasteiger partial charge in [-0.2, -0.15) is 0 Å². The van der Waals surface area contributed by atoms with E-state index in [1.165, 1.54) is 0 Å². The number of carbonyl (C=O) groups is 2. The Hall–Kier alpha value is -1.84. The van der Waals surface area contributed by atoms with Gasteiger partial charge in [0.25, 0.3) is 0 Å². The highest BCUT2D eigenvalue weighted by molar-refractivity contribution is 5.84. The van der Waals surface area contributed by atoms with Crippen molar-refractivity contribution in [1.29, 1.82) is 0 Å². The molecule has 1 amide bonds. The second kappa shape index (κ2) is 3.96. The monoisotopic (exact) mass is 218 g/mol. The Morgan fingerprint density at radius 2 is 2.19 bits per heavy atom. The van der Waals surface area contributed by atoms with Crippen molar-refractivity contribution >= 4 is 17.9 Å². The van der Waals surface area contributed by atoms with Crippen LogP contribution in [0, 0.1) is 5.92 Å². The third-order valence-corrected chi connectivity index (χ3v) is 2.85. The maximum Gasteiger partial charge on any atom is 0.245 e. The van der Waals surface area contributed by atoms with Gasteiger partial charge in [-0.25, -0.2) is 0 Å². The molecule has 1 unspecified atom stereocenters. The van der Waals surface area contributed by atoms with Crippen molar-refractivity contribution in [3.63, 3.8) is 0 Å². The Bertz CT molecular complexity index is 431. The van der Waals surface area contributed by atoms with Gasteiger partial charge in [-0.05, 0) is 12.1 Å². The molecule has 0 radical (unpaired) electrons. The van der Waals surface area contributed by atoms with Crippen molar-refractivity contribution in [2.24, 2.45) is 5.92 Å². The molecule has 1 heterocycles. The molecule has 2 rings (SSSR count). The molecule has 84 valence electrons. The molecule has 1 aliphatic rings. The molecule has 16 heavy (non-hydrogen) atoms. The quantitative estimate of drug-likeness (QED) is 0.703. The molecule has 1 aromatic carbocycles. The molecule has 0 N–H and O–H groups in total. The van der Waals surface area contributed by atoms with Gasteiger partial charge in [-0.3, -0.25) is 19.6 Å². The van der Waals surface area contributed by atoms with E-state index in [2.05, 4.69) is 0 Å². The zero-order valence-corrected chi connectivity index (χ0v) is 9.38. The van der Waals surface area contributed by atoms with Crippen LogP contribution in [-0.2, 0) is 4.79 Å². The summed E-state index contributed by atoms with van der Waals surface area (Å²) in [5.41, 5.74) is 1.50. The van der Waals surface area contributed by atoms with Gasteiger partial charge in [-0.1, -0.05) is 19.1 Å². The van der Waals surface area contributed by atoms with Gasteiger partial charge in [0.15, 0.2) is 0 Å². The number of anilines is 1. The van der Waals surface area contributed by atoms with Crippen LogP contribution in [0.1, 0.15) is 17.3 Å². The van der Waals surface area contributed by atoms with E-state index in [0.29, 0.717) is 12.1 Å². The highest BCUT2D eigenvalue weighted by Crippen LogP contribution is 2.24. The number of rotatable bonds is 2. The average molecular weight is 218 g/mol. The summed E-state index contributed by atoms with van der Waals surface area (Å²) < 4.78 is 0. The SMILES string of the molecule is CC1CN(c2cccc(C=O)c2)N(C)C1=O. The Kier molecular flexibility index (Phi) is 2.64. The van der Waals surface area contributed by atoms with Crippen molar-refractivity contribution in [2.75, 3.05) is 18.6 Å². The number of hydrazine groups is 1. The predicted molar refractivity (Wildman–Crippen MR) is 61.1 cm³/mol. The number of nitrogens with zero attached hydrogens (tertiary/aromatic N) is 2. The molecular weight excluding hydrogens is 204 g/mol. The first-order valence-corrected chi connectivity index (χ1v) is 5.23. The third kappa shape index (κ3) is 1.66. The summed E-state index contributed by atoms with van der Waals surface area (Å²) in [7, 11) is 1.75. The Morgan fingerprint density at radius 1 is 1.44 bits per heavy atom. The lowest BCUT2D eigenvalue weighted by Crippen LogP contribution is -2.35. The van der Waals surface area contributed by atoms with Gasteiger partial charge >= 0.3 is 0 Å². The zero-order valence-electron chi connectivity index (χ0n) is 9.38. The highest BCUT2D eigenvalue weighted by Gasteiger charge is 2.32. The second-order valence-electron chi connectivity index (χ2n) is 4.06. The van der Waals surface area contributed by atoms with Crippen LogP contribution in [0.15, 0.2) is 24.3 Å². The maximum atomic E-state index is 11.7. The minimum Gasteiger partial charge on any atom is -0.298 e. The summed E-state index contributed by atoms with van der Waals surface area (Å²) >= 11 is 0. The van der Waals surface area contributed by atoms with E-state index in [-0.39, 0.29) is 11.8 Å². The Labute approximate surface area is 94.4 Å². The van der Waals surface area contributed by atoms with Gasteiger partial charge in [-0.15, -0.1) is 0 Å². The fourth-order valence-electron chi connectivity index (χ4n) is 1.94. The van der Waals surface area contributed by atoms with Crippen LogP contribution in [0.2, 0.25) is 0 Å². The smallest absolute Gasteiger partial charge is 0.245 e. The fourth-order valence-corrected chi connectivity index (χ4v) is 1.94. The average Bonchev–Trinajstić information content (AvgIpc) is 2.57. The number of carbonyl (C=O) groups excluding carboxylic acids is 2. The van der Waals surface area contributed by atoms with E-state index in [1.807, 2.05) is 24.1 Å². The second-order valence-corrected chi connectivity index (χ2v) is 4.06. The fraction of sp³-hybridized carbons (Fsp3) is 0.333. The van der Waals surface area contributed by atoms with Gasteiger partial charge in [0.1, 0.15) is 6.29 Å². The first-order chi connectivity index (χ1) is 7.63. The molecule has 0 spiro atoms. The van der Waals surface area contributed by atoms with Gasteiger partial charge in [0, 0.05) is 12.6 Å². The standard InChI is InChI=1S/C12H14N2O2/c1-9-7-14(13(2)12(9)16)11-5-3-4-10(6-11)8-15/h3-6,8-9H,7H2,1-2H3. The molecule has 1 fully saturated rings. The van der Waals surface area contributed by atoms with Crippen LogP contribution in [0.5, 0.6) is 0 Å². The molecule has 0 aliphatic carbocycles. The summed E-state index contributed by atoms with van der Waals surface area (Å²) in [6.45, 7) is 2.57. The molecular formula is C12H14N2O2. The van der Waals surface area contributed by atoms with Crippen LogP contribution < -0.4 is 5.01 Å². The molecule has 1 saturated heterocycles. The molecule has 4 heteroatoms. The van der Waals surface area contributed by atoms with Crippen molar-refractivity contribution in [3.8, 4) is 0 Å². The first kappa shape index (κ1) is 10.7. The van der Waals surface area contributed by atoms with Crippen molar-refractivity contribution < 1.29 is 9.59 Å². The van der Waals surface area contributed by atoms with E-state index >= 15 is 0 Å². The number of amides is 1. The summed E-state index contributed by atoms with van der Waals surface area (Å²) in [5.74, 6) is 0.112. The summed E-state index contributed by atoms with van der Waals surface area (Å²) in [6.07, 6.45) is 0.810. The van der Waals surface area contributed by atoms with Crippen molar-refractivity contribution in [3.05, 3.63) is 29.8 Å². The molecule has 4 nitrogen and oxygen atoms in total. The normalized spacial score (nSPS) is 20.4. The Balaban J connectivity index is 2.31. The Morgan fingerprint density at radius 3 is 2.75 bits per heavy atom. The minimum atomic E-state index is 0.00453. The highest BCUT2D eigenvalue weighted by atomic mass is 16.2. The van der Waals surface area contributed by atoms with Crippen LogP contribution in [0.4, 0.5) is 5.69 Å². The lowest BCUT2D eigenvalue weighted by Gasteiger charge is -2.26. The van der Waals surface area contributed by atoms with E-state index in [1.54, 1.807) is 24.2 Å². The minimum absolute atomic E-state index is 0.00453. The number of benzene rings is 1. The van der Waals surface area contributed by atoms with E-state index in [9.17, 15) is 9.59 Å². The van der Waals surface area contributed by atoms with E-state index < -0.39 is 0 Å². The first-order valence-electron chi connectivity index (χ1n) is 5.23. The molecule has 0 aromatic heterocycles. The van der Waals surface area contributed by atoms with Crippen LogP contribution in [0.25, 0.3) is 0 Å². The summed E-state index contributed by atoms with van der Waals surface area (Å²) in [6, 6.07) is 7.25. The lowest BCUT2D eigenvalue weighted by atomic mass is 10.2. The van der Waals surface area contributed by atoms with Crippen LogP contribution in [-0.4, -0.2) is 30.8 Å². The largest absolute Gasteiger partial charge is 0.298 e. The molecule has 1 aliphatic heterocycles. The third-order valence-electron chi connectivity index (χ3n) is 2.85. The summed E-state index contributed by atoms with van der Waals surface area (Å²) in [5, 5.41) is 3.49. The van der Waals surface area contributed by atoms with E-state index in [0.717, 1.165) is 12.0 Å². The topological polar surface area (TPSA) is 40.6 Å². The molecule has 1 aromatic rings. The molecule has 0 saturated carbocycles. The maximum absolute atomic E-state index is 11.7. The number of aldehydes is 1. The summed E-state index contributed by atoms with van der Waals surface area (Å²) in [4.78, 5) is 22.3.